The fourth-order valence-corrected chi connectivity index (χ4v) is 2.82. The number of aromatic nitrogens is 2. The summed E-state index contributed by atoms with van der Waals surface area (Å²) in [5, 5.41) is 3.19. The van der Waals surface area contributed by atoms with Crippen molar-refractivity contribution in [3.05, 3.63) is 91.7 Å². The van der Waals surface area contributed by atoms with Crippen molar-refractivity contribution in [1.29, 1.82) is 0 Å². The smallest absolute Gasteiger partial charge is 0.320 e. The number of halogens is 1. The van der Waals surface area contributed by atoms with Crippen LogP contribution in [-0.4, -0.2) is 15.0 Å². The van der Waals surface area contributed by atoms with Crippen molar-refractivity contribution in [2.45, 2.75) is 20.4 Å². The van der Waals surface area contributed by atoms with Gasteiger partial charge >= 0.3 is 11.1 Å². The molecule has 0 bridgehead atoms. The van der Waals surface area contributed by atoms with E-state index in [1.807, 2.05) is 26.0 Å². The summed E-state index contributed by atoms with van der Waals surface area (Å²) in [5.41, 5.74) is 1.76. The zero-order valence-electron chi connectivity index (χ0n) is 14.9. The quantitative estimate of drug-likeness (QED) is 0.704. The van der Waals surface area contributed by atoms with Gasteiger partial charge in [-0.05, 0) is 55.3 Å². The van der Waals surface area contributed by atoms with Crippen molar-refractivity contribution in [2.75, 3.05) is 5.32 Å². The molecule has 0 fully saturated rings. The average molecular weight is 384 g/mol. The minimum absolute atomic E-state index is 0.253. The van der Waals surface area contributed by atoms with Crippen molar-refractivity contribution in [1.82, 2.24) is 9.13 Å². The molecular weight excluding hydrogens is 366 g/mol. The fourth-order valence-electron chi connectivity index (χ4n) is 2.64. The molecule has 7 heteroatoms. The van der Waals surface area contributed by atoms with E-state index in [4.69, 9.17) is 11.6 Å². The van der Waals surface area contributed by atoms with E-state index in [1.165, 1.54) is 17.0 Å². The highest BCUT2D eigenvalue weighted by Crippen LogP contribution is 2.14. The molecule has 27 heavy (non-hydrogen) atoms. The molecule has 0 unspecified atom stereocenters. The third-order valence-corrected chi connectivity index (χ3v) is 4.48. The Hall–Kier alpha value is -3.12. The molecule has 0 atom stereocenters. The van der Waals surface area contributed by atoms with Crippen LogP contribution in [0.2, 0.25) is 5.02 Å². The zero-order chi connectivity index (χ0) is 19.6. The van der Waals surface area contributed by atoms with Crippen molar-refractivity contribution in [2.24, 2.45) is 0 Å². The maximum atomic E-state index is 12.4. The molecule has 138 valence electrons. The molecule has 0 aliphatic rings. The molecule has 1 aromatic heterocycles. The summed E-state index contributed by atoms with van der Waals surface area (Å²) in [7, 11) is 0. The van der Waals surface area contributed by atoms with Crippen molar-refractivity contribution in [3.8, 4) is 5.69 Å². The van der Waals surface area contributed by atoms with Gasteiger partial charge in [-0.15, -0.1) is 0 Å². The van der Waals surface area contributed by atoms with Crippen LogP contribution in [0.4, 0.5) is 5.69 Å². The maximum Gasteiger partial charge on any atom is 0.320 e. The summed E-state index contributed by atoms with van der Waals surface area (Å²) in [5.74, 6) is -0.389. The van der Waals surface area contributed by atoms with Crippen LogP contribution < -0.4 is 16.4 Å². The van der Waals surface area contributed by atoms with Gasteiger partial charge in [-0.2, -0.15) is 0 Å². The molecule has 2 aromatic carbocycles. The van der Waals surface area contributed by atoms with E-state index in [-0.39, 0.29) is 12.5 Å². The Balaban J connectivity index is 1.82. The second-order valence-electron chi connectivity index (χ2n) is 6.23. The van der Waals surface area contributed by atoms with Crippen LogP contribution in [0.25, 0.3) is 5.69 Å². The number of aryl methyl sites for hydroxylation is 2. The first-order valence-electron chi connectivity index (χ1n) is 8.30. The molecule has 1 amide bonds. The molecule has 0 aliphatic carbocycles. The van der Waals surface area contributed by atoms with Gasteiger partial charge in [-0.3, -0.25) is 23.5 Å². The second-order valence-corrected chi connectivity index (χ2v) is 6.67. The van der Waals surface area contributed by atoms with Crippen molar-refractivity contribution < 1.29 is 4.79 Å². The Morgan fingerprint density at radius 3 is 2.48 bits per heavy atom. The number of rotatable bonds is 4. The van der Waals surface area contributed by atoms with Gasteiger partial charge in [0.25, 0.3) is 0 Å². The van der Waals surface area contributed by atoms with Crippen LogP contribution in [0.1, 0.15) is 11.1 Å². The first kappa shape index (κ1) is 18.7. The first-order valence-corrected chi connectivity index (χ1v) is 8.68. The third-order valence-electron chi connectivity index (χ3n) is 4.25. The van der Waals surface area contributed by atoms with Gasteiger partial charge in [-0.25, -0.2) is 0 Å². The van der Waals surface area contributed by atoms with Gasteiger partial charge < -0.3 is 5.32 Å². The summed E-state index contributed by atoms with van der Waals surface area (Å²) >= 11 is 5.93. The lowest BCUT2D eigenvalue weighted by Crippen LogP contribution is -2.41. The number of nitrogens with zero attached hydrogens (tertiary/aromatic N) is 2. The maximum absolute atomic E-state index is 12.4. The average Bonchev–Trinajstić information content (AvgIpc) is 2.62. The second kappa shape index (κ2) is 7.63. The van der Waals surface area contributed by atoms with E-state index in [2.05, 4.69) is 5.32 Å². The molecule has 0 radical (unpaired) electrons. The van der Waals surface area contributed by atoms with Crippen molar-refractivity contribution in [3.63, 3.8) is 0 Å². The Bertz CT molecular complexity index is 1130. The molecule has 1 N–H and O–H groups in total. The molecule has 0 saturated carbocycles. The Labute approximate surface area is 160 Å². The molecule has 0 spiro atoms. The van der Waals surface area contributed by atoms with Gasteiger partial charge in [0.2, 0.25) is 5.91 Å². The van der Waals surface area contributed by atoms with Gasteiger partial charge in [0, 0.05) is 23.1 Å². The van der Waals surface area contributed by atoms with Crippen LogP contribution in [0.5, 0.6) is 0 Å². The zero-order valence-corrected chi connectivity index (χ0v) is 15.7. The third kappa shape index (κ3) is 4.17. The Kier molecular flexibility index (Phi) is 5.28. The number of carbonyl (C=O) groups excluding carboxylic acids is 1. The standard InChI is InChI=1S/C20H18ClN3O3/c1-13-6-7-16(10-14(13)2)22-18(25)12-23-8-9-24(20(27)19(23)26)17-5-3-4-15(21)11-17/h3-11H,12H2,1-2H3,(H,22,25). The van der Waals surface area contributed by atoms with E-state index in [0.29, 0.717) is 16.4 Å². The van der Waals surface area contributed by atoms with Gasteiger partial charge in [-0.1, -0.05) is 23.7 Å². The monoisotopic (exact) mass is 383 g/mol. The van der Waals surface area contributed by atoms with E-state index in [9.17, 15) is 14.4 Å². The molecule has 1 heterocycles. The summed E-state index contributed by atoms with van der Waals surface area (Å²) in [4.78, 5) is 37.0. The number of hydrogen-bond acceptors (Lipinski definition) is 3. The van der Waals surface area contributed by atoms with E-state index < -0.39 is 11.1 Å². The first-order chi connectivity index (χ1) is 12.8. The SMILES string of the molecule is Cc1ccc(NC(=O)Cn2ccn(-c3cccc(Cl)c3)c(=O)c2=O)cc1C. The normalized spacial score (nSPS) is 10.6. The van der Waals surface area contributed by atoms with Crippen LogP contribution in [0, 0.1) is 13.8 Å². The van der Waals surface area contributed by atoms with Crippen LogP contribution in [0.3, 0.4) is 0 Å². The summed E-state index contributed by atoms with van der Waals surface area (Å²) < 4.78 is 2.28. The Morgan fingerprint density at radius 1 is 1.00 bits per heavy atom. The Morgan fingerprint density at radius 2 is 1.78 bits per heavy atom. The summed E-state index contributed by atoms with van der Waals surface area (Å²) in [6, 6.07) is 12.2. The lowest BCUT2D eigenvalue weighted by molar-refractivity contribution is -0.116. The summed E-state index contributed by atoms with van der Waals surface area (Å²) in [6.45, 7) is 3.68. The predicted octanol–water partition coefficient (Wildman–Crippen LogP) is 2.91. The van der Waals surface area contributed by atoms with Crippen LogP contribution in [0.15, 0.2) is 64.4 Å². The van der Waals surface area contributed by atoms with Crippen LogP contribution in [-0.2, 0) is 11.3 Å². The number of anilines is 1. The topological polar surface area (TPSA) is 73.1 Å². The van der Waals surface area contributed by atoms with Crippen molar-refractivity contribution >= 4 is 23.2 Å². The van der Waals surface area contributed by atoms with E-state index in [0.717, 1.165) is 15.7 Å². The largest absolute Gasteiger partial charge is 0.325 e. The lowest BCUT2D eigenvalue weighted by atomic mass is 10.1. The molecule has 3 aromatic rings. The van der Waals surface area contributed by atoms with E-state index in [1.54, 1.807) is 30.3 Å². The van der Waals surface area contributed by atoms with Gasteiger partial charge in [0.1, 0.15) is 6.54 Å². The lowest BCUT2D eigenvalue weighted by Gasteiger charge is -2.10. The molecule has 0 saturated heterocycles. The highest BCUT2D eigenvalue weighted by molar-refractivity contribution is 6.30. The molecule has 0 aliphatic heterocycles. The summed E-state index contributed by atoms with van der Waals surface area (Å²) in [6.07, 6.45) is 2.85. The number of nitrogens with one attached hydrogen (secondary N) is 1. The molecule has 3 rings (SSSR count). The molecular formula is C20H18ClN3O3. The fraction of sp³-hybridized carbons (Fsp3) is 0.150. The van der Waals surface area contributed by atoms with Crippen LogP contribution >= 0.6 is 11.6 Å². The minimum Gasteiger partial charge on any atom is -0.325 e. The number of hydrogen-bond donors (Lipinski definition) is 1. The number of benzene rings is 2. The minimum atomic E-state index is -0.785. The molecule has 6 nitrogen and oxygen atoms in total. The highest BCUT2D eigenvalue weighted by atomic mass is 35.5. The highest BCUT2D eigenvalue weighted by Gasteiger charge is 2.11. The van der Waals surface area contributed by atoms with Gasteiger partial charge in [0.15, 0.2) is 0 Å². The van der Waals surface area contributed by atoms with Gasteiger partial charge in [0.05, 0.1) is 5.69 Å². The number of amides is 1. The number of carbonyl (C=O) groups is 1. The van der Waals surface area contributed by atoms with E-state index >= 15 is 0 Å². The predicted molar refractivity (Wildman–Crippen MR) is 106 cm³/mol.